The van der Waals surface area contributed by atoms with Gasteiger partial charge in [0.2, 0.25) is 5.91 Å². The number of hydrogen-bond donors (Lipinski definition) is 0. The van der Waals surface area contributed by atoms with Gasteiger partial charge in [-0.2, -0.15) is 0 Å². The highest BCUT2D eigenvalue weighted by Gasteiger charge is 2.19. The smallest absolute Gasteiger partial charge is 0.237 e. The molecule has 0 saturated heterocycles. The molecule has 0 atom stereocenters. The average Bonchev–Trinajstić information content (AvgIpc) is 2.50. The average molecular weight is 286 g/mol. The SMILES string of the molecule is O=C(CBr)N1CCCSc2ccccc21. The van der Waals surface area contributed by atoms with Crippen molar-refractivity contribution in [3.8, 4) is 0 Å². The predicted octanol–water partition coefficient (Wildman–Crippen LogP) is 2.91. The van der Waals surface area contributed by atoms with Crippen molar-refractivity contribution in [2.75, 3.05) is 22.5 Å². The van der Waals surface area contributed by atoms with E-state index in [-0.39, 0.29) is 5.91 Å². The van der Waals surface area contributed by atoms with E-state index in [1.165, 1.54) is 4.90 Å². The number of rotatable bonds is 1. The van der Waals surface area contributed by atoms with Gasteiger partial charge in [0.1, 0.15) is 0 Å². The topological polar surface area (TPSA) is 20.3 Å². The fourth-order valence-corrected chi connectivity index (χ4v) is 2.96. The first-order valence-corrected chi connectivity index (χ1v) is 7.02. The molecule has 0 radical (unpaired) electrons. The lowest BCUT2D eigenvalue weighted by molar-refractivity contribution is -0.116. The lowest BCUT2D eigenvalue weighted by atomic mass is 10.2. The van der Waals surface area contributed by atoms with Gasteiger partial charge in [0.25, 0.3) is 0 Å². The minimum atomic E-state index is 0.143. The fraction of sp³-hybridized carbons (Fsp3) is 0.364. The fourth-order valence-electron chi connectivity index (χ4n) is 1.66. The number of benzene rings is 1. The summed E-state index contributed by atoms with van der Waals surface area (Å²) >= 11 is 5.06. The normalized spacial score (nSPS) is 15.7. The van der Waals surface area contributed by atoms with Crippen LogP contribution in [-0.2, 0) is 4.79 Å². The molecule has 1 aliphatic heterocycles. The molecule has 0 unspecified atom stereocenters. The third-order valence-corrected chi connectivity index (χ3v) is 3.98. The highest BCUT2D eigenvalue weighted by molar-refractivity contribution is 9.09. The summed E-state index contributed by atoms with van der Waals surface area (Å²) in [6, 6.07) is 8.11. The van der Waals surface area contributed by atoms with E-state index in [2.05, 4.69) is 22.0 Å². The van der Waals surface area contributed by atoms with Crippen LogP contribution in [0.3, 0.4) is 0 Å². The zero-order valence-corrected chi connectivity index (χ0v) is 10.7. The van der Waals surface area contributed by atoms with Gasteiger partial charge < -0.3 is 4.90 Å². The molecule has 1 heterocycles. The van der Waals surface area contributed by atoms with Crippen LogP contribution in [0, 0.1) is 0 Å². The molecule has 0 aliphatic carbocycles. The molecule has 15 heavy (non-hydrogen) atoms. The van der Waals surface area contributed by atoms with E-state index in [4.69, 9.17) is 0 Å². The number of carbonyl (C=O) groups excluding carboxylic acids is 1. The Labute approximate surface area is 102 Å². The first kappa shape index (κ1) is 11.0. The van der Waals surface area contributed by atoms with Crippen molar-refractivity contribution in [2.24, 2.45) is 0 Å². The highest BCUT2D eigenvalue weighted by atomic mass is 79.9. The Morgan fingerprint density at radius 1 is 1.47 bits per heavy atom. The second kappa shape index (κ2) is 5.03. The van der Waals surface area contributed by atoms with Crippen LogP contribution >= 0.6 is 27.7 Å². The van der Waals surface area contributed by atoms with Crippen LogP contribution in [0.15, 0.2) is 29.2 Å². The van der Waals surface area contributed by atoms with Crippen LogP contribution in [0.25, 0.3) is 0 Å². The van der Waals surface area contributed by atoms with Gasteiger partial charge >= 0.3 is 0 Å². The summed E-state index contributed by atoms with van der Waals surface area (Å²) in [6.45, 7) is 0.828. The van der Waals surface area contributed by atoms with Gasteiger partial charge in [-0.3, -0.25) is 4.79 Å². The van der Waals surface area contributed by atoms with E-state index in [9.17, 15) is 4.79 Å². The first-order valence-electron chi connectivity index (χ1n) is 4.91. The number of para-hydroxylation sites is 1. The monoisotopic (exact) mass is 285 g/mol. The molecule has 80 valence electrons. The summed E-state index contributed by atoms with van der Waals surface area (Å²) in [5.41, 5.74) is 1.06. The molecular weight excluding hydrogens is 274 g/mol. The number of hydrogen-bond acceptors (Lipinski definition) is 2. The molecule has 0 bridgehead atoms. The summed E-state index contributed by atoms with van der Waals surface area (Å²) in [5, 5.41) is 0.395. The predicted molar refractivity (Wildman–Crippen MR) is 67.9 cm³/mol. The van der Waals surface area contributed by atoms with Gasteiger partial charge in [-0.15, -0.1) is 11.8 Å². The maximum atomic E-state index is 11.8. The molecule has 0 saturated carbocycles. The van der Waals surface area contributed by atoms with Crippen molar-refractivity contribution in [2.45, 2.75) is 11.3 Å². The third kappa shape index (κ3) is 2.37. The Bertz CT molecular complexity index is 369. The number of halogens is 1. The second-order valence-corrected chi connectivity index (χ2v) is 5.05. The van der Waals surface area contributed by atoms with E-state index in [1.807, 2.05) is 34.9 Å². The van der Waals surface area contributed by atoms with E-state index in [0.29, 0.717) is 5.33 Å². The summed E-state index contributed by atoms with van der Waals surface area (Å²) in [6.07, 6.45) is 1.05. The van der Waals surface area contributed by atoms with Crippen molar-refractivity contribution in [1.82, 2.24) is 0 Å². The van der Waals surface area contributed by atoms with E-state index < -0.39 is 0 Å². The van der Waals surface area contributed by atoms with Crippen molar-refractivity contribution in [3.63, 3.8) is 0 Å². The highest BCUT2D eigenvalue weighted by Crippen LogP contribution is 2.33. The van der Waals surface area contributed by atoms with Gasteiger partial charge in [0, 0.05) is 11.4 Å². The van der Waals surface area contributed by atoms with E-state index >= 15 is 0 Å². The minimum absolute atomic E-state index is 0.143. The number of carbonyl (C=O) groups is 1. The molecule has 1 aromatic carbocycles. The van der Waals surface area contributed by atoms with E-state index in [1.54, 1.807) is 0 Å². The van der Waals surface area contributed by atoms with Crippen molar-refractivity contribution < 1.29 is 4.79 Å². The molecule has 0 fully saturated rings. The molecule has 1 aliphatic rings. The van der Waals surface area contributed by atoms with E-state index in [0.717, 1.165) is 24.4 Å². The van der Waals surface area contributed by atoms with Crippen LogP contribution in [0.1, 0.15) is 6.42 Å². The lowest BCUT2D eigenvalue weighted by Gasteiger charge is -2.21. The van der Waals surface area contributed by atoms with Crippen LogP contribution < -0.4 is 4.90 Å². The number of thioether (sulfide) groups is 1. The number of fused-ring (bicyclic) bond motifs is 1. The maximum absolute atomic E-state index is 11.8. The molecule has 0 spiro atoms. The molecule has 0 N–H and O–H groups in total. The van der Waals surface area contributed by atoms with Gasteiger partial charge in [-0.25, -0.2) is 0 Å². The summed E-state index contributed by atoms with van der Waals surface area (Å²) in [4.78, 5) is 14.8. The Morgan fingerprint density at radius 2 is 2.27 bits per heavy atom. The Morgan fingerprint density at radius 3 is 3.07 bits per heavy atom. The maximum Gasteiger partial charge on any atom is 0.237 e. The summed E-state index contributed by atoms with van der Waals surface area (Å²) in [5.74, 6) is 1.23. The van der Waals surface area contributed by atoms with Crippen molar-refractivity contribution in [3.05, 3.63) is 24.3 Å². The first-order chi connectivity index (χ1) is 7.33. The quantitative estimate of drug-likeness (QED) is 0.740. The molecular formula is C11H12BrNOS. The van der Waals surface area contributed by atoms with Crippen LogP contribution in [0.2, 0.25) is 0 Å². The standard InChI is InChI=1S/C11H12BrNOS/c12-8-11(14)13-6-3-7-15-10-5-2-1-4-9(10)13/h1-2,4-5H,3,6-8H2. The zero-order chi connectivity index (χ0) is 10.7. The molecule has 4 heteroatoms. The number of amides is 1. The van der Waals surface area contributed by atoms with Crippen molar-refractivity contribution in [1.29, 1.82) is 0 Å². The van der Waals surface area contributed by atoms with Gasteiger partial charge in [-0.05, 0) is 24.3 Å². The number of alkyl halides is 1. The Balaban J connectivity index is 2.37. The molecule has 1 amide bonds. The largest absolute Gasteiger partial charge is 0.311 e. The Kier molecular flexibility index (Phi) is 3.70. The molecule has 1 aromatic rings. The number of nitrogens with zero attached hydrogens (tertiary/aromatic N) is 1. The third-order valence-electron chi connectivity index (χ3n) is 2.36. The molecule has 2 rings (SSSR count). The second-order valence-electron chi connectivity index (χ2n) is 3.35. The zero-order valence-electron chi connectivity index (χ0n) is 8.28. The van der Waals surface area contributed by atoms with Crippen LogP contribution in [-0.4, -0.2) is 23.5 Å². The summed E-state index contributed by atoms with van der Waals surface area (Å²) in [7, 11) is 0. The lowest BCUT2D eigenvalue weighted by Crippen LogP contribution is -2.32. The van der Waals surface area contributed by atoms with Gasteiger partial charge in [0.05, 0.1) is 11.0 Å². The molecule has 2 nitrogen and oxygen atoms in total. The van der Waals surface area contributed by atoms with Gasteiger partial charge in [-0.1, -0.05) is 28.1 Å². The molecule has 0 aromatic heterocycles. The Hall–Kier alpha value is -0.480. The summed E-state index contributed by atoms with van der Waals surface area (Å²) < 4.78 is 0. The van der Waals surface area contributed by atoms with Crippen molar-refractivity contribution >= 4 is 39.3 Å². The van der Waals surface area contributed by atoms with Gasteiger partial charge in [0.15, 0.2) is 0 Å². The minimum Gasteiger partial charge on any atom is -0.311 e. The van der Waals surface area contributed by atoms with Crippen LogP contribution in [0.5, 0.6) is 0 Å². The number of anilines is 1. The van der Waals surface area contributed by atoms with Crippen LogP contribution in [0.4, 0.5) is 5.69 Å².